The van der Waals surface area contributed by atoms with Crippen LogP contribution in [-0.4, -0.2) is 37.1 Å². The molecular formula is C14H26O3. The van der Waals surface area contributed by atoms with Gasteiger partial charge in [0.05, 0.1) is 12.2 Å². The molecule has 1 aliphatic heterocycles. The Morgan fingerprint density at radius 1 is 1.24 bits per heavy atom. The highest BCUT2D eigenvalue weighted by Crippen LogP contribution is 2.33. The molecule has 1 N–H and O–H groups in total. The van der Waals surface area contributed by atoms with Crippen molar-refractivity contribution >= 4 is 0 Å². The summed E-state index contributed by atoms with van der Waals surface area (Å²) in [4.78, 5) is 0. The average Bonchev–Trinajstić information content (AvgIpc) is 2.35. The average molecular weight is 242 g/mol. The topological polar surface area (TPSA) is 38.7 Å². The third kappa shape index (κ3) is 3.67. The largest absolute Gasteiger partial charge is 0.387 e. The minimum atomic E-state index is -0.566. The minimum Gasteiger partial charge on any atom is -0.387 e. The zero-order chi connectivity index (χ0) is 12.1. The molecule has 0 radical (unpaired) electrons. The van der Waals surface area contributed by atoms with E-state index >= 15 is 0 Å². The van der Waals surface area contributed by atoms with E-state index in [4.69, 9.17) is 9.47 Å². The van der Waals surface area contributed by atoms with Gasteiger partial charge in [-0.15, -0.1) is 0 Å². The first-order valence-corrected chi connectivity index (χ1v) is 7.08. The maximum absolute atomic E-state index is 10.5. The maximum atomic E-state index is 10.5. The molecule has 2 aliphatic rings. The molecule has 0 aromatic carbocycles. The van der Waals surface area contributed by atoms with Crippen LogP contribution in [-0.2, 0) is 9.47 Å². The molecule has 100 valence electrons. The molecule has 1 saturated carbocycles. The Morgan fingerprint density at radius 2 is 2.00 bits per heavy atom. The fourth-order valence-corrected chi connectivity index (χ4v) is 2.93. The molecular weight excluding hydrogens is 216 g/mol. The summed E-state index contributed by atoms with van der Waals surface area (Å²) in [5, 5.41) is 10.5. The number of aliphatic hydroxyl groups is 1. The second kappa shape index (κ2) is 6.17. The van der Waals surface area contributed by atoms with E-state index in [2.05, 4.69) is 6.92 Å². The van der Waals surface area contributed by atoms with Crippen LogP contribution in [0, 0.1) is 11.8 Å². The number of rotatable bonds is 4. The van der Waals surface area contributed by atoms with Crippen LogP contribution in [0.15, 0.2) is 0 Å². The normalized spacial score (nSPS) is 36.0. The molecule has 2 fully saturated rings. The van der Waals surface area contributed by atoms with E-state index in [1.54, 1.807) is 0 Å². The van der Waals surface area contributed by atoms with E-state index in [9.17, 15) is 5.11 Å². The molecule has 1 aliphatic carbocycles. The Bertz CT molecular complexity index is 226. The SMILES string of the molecule is CC1CCCCC1(O)COCC1CCOCC1. The van der Waals surface area contributed by atoms with Crippen LogP contribution in [0.1, 0.15) is 45.4 Å². The maximum Gasteiger partial charge on any atom is 0.0905 e. The van der Waals surface area contributed by atoms with Crippen LogP contribution < -0.4 is 0 Å². The van der Waals surface area contributed by atoms with Crippen LogP contribution >= 0.6 is 0 Å². The van der Waals surface area contributed by atoms with Crippen molar-refractivity contribution in [2.75, 3.05) is 26.4 Å². The molecule has 0 aromatic heterocycles. The van der Waals surface area contributed by atoms with E-state index in [1.165, 1.54) is 6.42 Å². The van der Waals surface area contributed by atoms with Gasteiger partial charge in [0.15, 0.2) is 0 Å². The summed E-state index contributed by atoms with van der Waals surface area (Å²) in [6.07, 6.45) is 6.64. The molecule has 3 heteroatoms. The molecule has 1 saturated heterocycles. The molecule has 2 atom stereocenters. The molecule has 0 aromatic rings. The zero-order valence-electron chi connectivity index (χ0n) is 11.0. The first kappa shape index (κ1) is 13.3. The molecule has 3 nitrogen and oxygen atoms in total. The van der Waals surface area contributed by atoms with Crippen LogP contribution in [0.25, 0.3) is 0 Å². The van der Waals surface area contributed by atoms with Gasteiger partial charge in [0.1, 0.15) is 0 Å². The summed E-state index contributed by atoms with van der Waals surface area (Å²) in [5.74, 6) is 1.01. The summed E-state index contributed by atoms with van der Waals surface area (Å²) in [6, 6.07) is 0. The summed E-state index contributed by atoms with van der Waals surface area (Å²) in [6.45, 7) is 5.20. The highest BCUT2D eigenvalue weighted by molar-refractivity contribution is 4.87. The highest BCUT2D eigenvalue weighted by Gasteiger charge is 2.36. The van der Waals surface area contributed by atoms with Gasteiger partial charge in [0.2, 0.25) is 0 Å². The van der Waals surface area contributed by atoms with Gasteiger partial charge < -0.3 is 14.6 Å². The van der Waals surface area contributed by atoms with Gasteiger partial charge in [-0.25, -0.2) is 0 Å². The number of ether oxygens (including phenoxy) is 2. The molecule has 1 heterocycles. The second-order valence-electron chi connectivity index (χ2n) is 5.82. The van der Waals surface area contributed by atoms with Crippen molar-refractivity contribution in [3.63, 3.8) is 0 Å². The van der Waals surface area contributed by atoms with Crippen LogP contribution in [0.2, 0.25) is 0 Å². The molecule has 2 unspecified atom stereocenters. The van der Waals surface area contributed by atoms with Crippen molar-refractivity contribution in [1.29, 1.82) is 0 Å². The summed E-state index contributed by atoms with van der Waals surface area (Å²) in [7, 11) is 0. The van der Waals surface area contributed by atoms with Gasteiger partial charge in [-0.1, -0.05) is 19.8 Å². The smallest absolute Gasteiger partial charge is 0.0905 e. The Hall–Kier alpha value is -0.120. The lowest BCUT2D eigenvalue weighted by Gasteiger charge is -2.38. The fourth-order valence-electron chi connectivity index (χ4n) is 2.93. The summed E-state index contributed by atoms with van der Waals surface area (Å²) < 4.78 is 11.1. The Kier molecular flexibility index (Phi) is 4.83. The molecule has 17 heavy (non-hydrogen) atoms. The first-order chi connectivity index (χ1) is 8.21. The molecule has 2 rings (SSSR count). The van der Waals surface area contributed by atoms with Crippen LogP contribution in [0.4, 0.5) is 0 Å². The third-order valence-corrected chi connectivity index (χ3v) is 4.46. The van der Waals surface area contributed by atoms with Gasteiger partial charge in [0, 0.05) is 19.8 Å². The van der Waals surface area contributed by atoms with E-state index < -0.39 is 5.60 Å². The monoisotopic (exact) mass is 242 g/mol. The number of hydrogen-bond acceptors (Lipinski definition) is 3. The van der Waals surface area contributed by atoms with Crippen molar-refractivity contribution in [2.24, 2.45) is 11.8 Å². The molecule has 0 bridgehead atoms. The predicted octanol–water partition coefficient (Wildman–Crippen LogP) is 2.37. The van der Waals surface area contributed by atoms with Gasteiger partial charge in [-0.05, 0) is 37.5 Å². The van der Waals surface area contributed by atoms with Gasteiger partial charge >= 0.3 is 0 Å². The predicted molar refractivity (Wildman–Crippen MR) is 66.9 cm³/mol. The van der Waals surface area contributed by atoms with Crippen molar-refractivity contribution in [2.45, 2.75) is 51.0 Å². The zero-order valence-corrected chi connectivity index (χ0v) is 11.0. The first-order valence-electron chi connectivity index (χ1n) is 7.08. The van der Waals surface area contributed by atoms with Gasteiger partial charge in [-0.2, -0.15) is 0 Å². The lowest BCUT2D eigenvalue weighted by Crippen LogP contribution is -2.44. The lowest BCUT2D eigenvalue weighted by atomic mass is 9.77. The van der Waals surface area contributed by atoms with E-state index in [1.807, 2.05) is 0 Å². The van der Waals surface area contributed by atoms with E-state index in [0.29, 0.717) is 18.4 Å². The minimum absolute atomic E-state index is 0.380. The fraction of sp³-hybridized carbons (Fsp3) is 1.00. The van der Waals surface area contributed by atoms with Crippen molar-refractivity contribution in [1.82, 2.24) is 0 Å². The Morgan fingerprint density at radius 3 is 2.71 bits per heavy atom. The van der Waals surface area contributed by atoms with Crippen LogP contribution in [0.3, 0.4) is 0 Å². The summed E-state index contributed by atoms with van der Waals surface area (Å²) >= 11 is 0. The highest BCUT2D eigenvalue weighted by atomic mass is 16.5. The van der Waals surface area contributed by atoms with Gasteiger partial charge in [0.25, 0.3) is 0 Å². The van der Waals surface area contributed by atoms with E-state index in [0.717, 1.165) is 51.9 Å². The number of hydrogen-bond donors (Lipinski definition) is 1. The molecule has 0 amide bonds. The van der Waals surface area contributed by atoms with Gasteiger partial charge in [-0.3, -0.25) is 0 Å². The third-order valence-electron chi connectivity index (χ3n) is 4.46. The lowest BCUT2D eigenvalue weighted by molar-refractivity contribution is -0.108. The van der Waals surface area contributed by atoms with Crippen molar-refractivity contribution < 1.29 is 14.6 Å². The Labute approximate surface area is 104 Å². The van der Waals surface area contributed by atoms with Crippen LogP contribution in [0.5, 0.6) is 0 Å². The van der Waals surface area contributed by atoms with Crippen molar-refractivity contribution in [3.8, 4) is 0 Å². The van der Waals surface area contributed by atoms with Crippen molar-refractivity contribution in [3.05, 3.63) is 0 Å². The quantitative estimate of drug-likeness (QED) is 0.822. The molecule has 0 spiro atoms. The standard InChI is InChI=1S/C14H26O3/c1-12-4-2-3-7-14(12,15)11-17-10-13-5-8-16-9-6-13/h12-13,15H,2-11H2,1H3. The Balaban J connectivity index is 1.69. The second-order valence-corrected chi connectivity index (χ2v) is 5.82. The van der Waals surface area contributed by atoms with E-state index in [-0.39, 0.29) is 0 Å². The summed E-state index contributed by atoms with van der Waals surface area (Å²) in [5.41, 5.74) is -0.566.